The zero-order valence-electron chi connectivity index (χ0n) is 19.9. The number of H-pyrrole nitrogens is 2. The second-order valence-corrected chi connectivity index (χ2v) is 10.5. The predicted molar refractivity (Wildman–Crippen MR) is 140 cm³/mol. The summed E-state index contributed by atoms with van der Waals surface area (Å²) >= 11 is 1.05. The minimum Gasteiger partial charge on any atom is -0.335 e. The quantitative estimate of drug-likeness (QED) is 0.274. The molecule has 38 heavy (non-hydrogen) atoms. The van der Waals surface area contributed by atoms with Gasteiger partial charge < -0.3 is 4.98 Å². The van der Waals surface area contributed by atoms with E-state index in [-0.39, 0.29) is 18.1 Å². The maximum Gasteiger partial charge on any atom is 0.261 e. The van der Waals surface area contributed by atoms with Gasteiger partial charge in [0.15, 0.2) is 11.0 Å². The fourth-order valence-corrected chi connectivity index (χ4v) is 5.73. The molecule has 1 aliphatic rings. The van der Waals surface area contributed by atoms with Gasteiger partial charge in [0.05, 0.1) is 23.8 Å². The zero-order valence-corrected chi connectivity index (χ0v) is 20.7. The van der Waals surface area contributed by atoms with Crippen molar-refractivity contribution in [3.8, 4) is 33.1 Å². The Morgan fingerprint density at radius 3 is 2.68 bits per heavy atom. The number of fused-ring (bicyclic) bond motifs is 2. The number of nitrogens with zero attached hydrogens (tertiary/aromatic N) is 5. The van der Waals surface area contributed by atoms with Gasteiger partial charge in [-0.15, -0.1) is 11.3 Å². The van der Waals surface area contributed by atoms with E-state index in [9.17, 15) is 13.2 Å². The number of imidazole rings is 1. The normalized spacial score (nSPS) is 15.7. The third kappa shape index (κ3) is 4.13. The highest BCUT2D eigenvalue weighted by Crippen LogP contribution is 2.35. The first-order chi connectivity index (χ1) is 18.4. The van der Waals surface area contributed by atoms with Gasteiger partial charge in [-0.1, -0.05) is 6.07 Å². The van der Waals surface area contributed by atoms with Crippen molar-refractivity contribution >= 4 is 33.3 Å². The van der Waals surface area contributed by atoms with Crippen LogP contribution in [0.5, 0.6) is 0 Å². The Morgan fingerprint density at radius 1 is 0.974 bits per heavy atom. The van der Waals surface area contributed by atoms with Crippen LogP contribution in [0.4, 0.5) is 13.2 Å². The highest BCUT2D eigenvalue weighted by Gasteiger charge is 2.37. The molecule has 1 saturated heterocycles. The van der Waals surface area contributed by atoms with E-state index in [0.717, 1.165) is 54.9 Å². The van der Waals surface area contributed by atoms with Gasteiger partial charge in [0.25, 0.3) is 5.92 Å². The molecule has 0 spiro atoms. The van der Waals surface area contributed by atoms with E-state index in [0.29, 0.717) is 30.1 Å². The molecule has 1 fully saturated rings. The highest BCUT2D eigenvalue weighted by atomic mass is 32.1. The lowest BCUT2D eigenvalue weighted by atomic mass is 10.0. The maximum atomic E-state index is 13.7. The summed E-state index contributed by atoms with van der Waals surface area (Å²) in [5, 5.41) is 8.17. The Kier molecular flexibility index (Phi) is 5.31. The van der Waals surface area contributed by atoms with Crippen molar-refractivity contribution in [3.63, 3.8) is 0 Å². The first kappa shape index (κ1) is 23.1. The molecular weight excluding hydrogens is 511 g/mol. The van der Waals surface area contributed by atoms with E-state index in [2.05, 4.69) is 25.1 Å². The maximum absolute atomic E-state index is 13.7. The Bertz CT molecular complexity index is 1810. The summed E-state index contributed by atoms with van der Waals surface area (Å²) in [6.07, 6.45) is 6.75. The van der Waals surface area contributed by atoms with E-state index in [1.165, 1.54) is 6.07 Å². The third-order valence-electron chi connectivity index (χ3n) is 6.80. The lowest BCUT2D eigenvalue weighted by molar-refractivity contribution is 0.0115. The Balaban J connectivity index is 1.24. The number of pyridine rings is 2. The molecule has 6 aromatic rings. The summed E-state index contributed by atoms with van der Waals surface area (Å²) in [6, 6.07) is 11.1. The average molecular weight is 532 g/mol. The van der Waals surface area contributed by atoms with Gasteiger partial charge in [0.1, 0.15) is 11.2 Å². The van der Waals surface area contributed by atoms with Crippen LogP contribution in [-0.4, -0.2) is 54.0 Å². The Hall–Kier alpha value is -4.09. The fraction of sp³-hybridized carbons (Fsp3) is 0.185. The van der Waals surface area contributed by atoms with Crippen molar-refractivity contribution in [2.75, 3.05) is 13.1 Å². The molecule has 7 rings (SSSR count). The molecule has 0 unspecified atom stereocenters. The molecule has 1 aromatic carbocycles. The number of alkyl halides is 2. The summed E-state index contributed by atoms with van der Waals surface area (Å²) in [5.41, 5.74) is 6.34. The summed E-state index contributed by atoms with van der Waals surface area (Å²) in [6.45, 7) is 0.578. The number of halogens is 3. The van der Waals surface area contributed by atoms with E-state index in [4.69, 9.17) is 4.98 Å². The van der Waals surface area contributed by atoms with E-state index in [1.54, 1.807) is 35.8 Å². The van der Waals surface area contributed by atoms with Crippen LogP contribution in [0.25, 0.3) is 55.0 Å². The smallest absolute Gasteiger partial charge is 0.261 e. The molecule has 0 amide bonds. The summed E-state index contributed by atoms with van der Waals surface area (Å²) < 4.78 is 40.9. The molecule has 1 aliphatic heterocycles. The molecule has 5 aromatic heterocycles. The average Bonchev–Trinajstić information content (AvgIpc) is 3.69. The molecule has 7 nitrogen and oxygen atoms in total. The minimum atomic E-state index is -2.62. The van der Waals surface area contributed by atoms with E-state index in [1.807, 2.05) is 24.3 Å². The van der Waals surface area contributed by atoms with Crippen LogP contribution in [0.3, 0.4) is 0 Å². The van der Waals surface area contributed by atoms with Gasteiger partial charge in [0, 0.05) is 59.5 Å². The predicted octanol–water partition coefficient (Wildman–Crippen LogP) is 6.27. The van der Waals surface area contributed by atoms with E-state index >= 15 is 0 Å². The standard InChI is InChI=1S/C27H20F3N7S/c28-23-4-3-22(38-23)19-11-32-12-21-24(19)34-26(33-21)25-18-8-16(1-2-20(18)35-36-25)17-7-15(9-31-10-17)13-37-6-5-27(29,30)14-37/h1-4,7-12H,5-6,13-14H2,(H,33,34)(H,35,36). The van der Waals surface area contributed by atoms with E-state index < -0.39 is 5.92 Å². The molecule has 190 valence electrons. The zero-order chi connectivity index (χ0) is 25.9. The van der Waals surface area contributed by atoms with Crippen molar-refractivity contribution in [2.24, 2.45) is 0 Å². The minimum absolute atomic E-state index is 0.108. The van der Waals surface area contributed by atoms with Crippen LogP contribution in [-0.2, 0) is 6.54 Å². The fourth-order valence-electron chi connectivity index (χ4n) is 4.99. The number of aromatic amines is 2. The number of thiophene rings is 1. The summed E-state index contributed by atoms with van der Waals surface area (Å²) in [5.74, 6) is -2.06. The molecule has 0 aliphatic carbocycles. The molecule has 0 radical (unpaired) electrons. The van der Waals surface area contributed by atoms with Crippen LogP contribution >= 0.6 is 11.3 Å². The van der Waals surface area contributed by atoms with Crippen molar-refractivity contribution < 1.29 is 13.2 Å². The van der Waals surface area contributed by atoms with Crippen LogP contribution in [0.15, 0.2) is 61.2 Å². The number of hydrogen-bond donors (Lipinski definition) is 2. The monoisotopic (exact) mass is 531 g/mol. The molecule has 11 heteroatoms. The van der Waals surface area contributed by atoms with Gasteiger partial charge in [-0.2, -0.15) is 9.49 Å². The molecule has 0 bridgehead atoms. The van der Waals surface area contributed by atoms with Crippen molar-refractivity contribution in [1.82, 2.24) is 35.0 Å². The largest absolute Gasteiger partial charge is 0.335 e. The van der Waals surface area contributed by atoms with Gasteiger partial charge in [-0.3, -0.25) is 20.0 Å². The van der Waals surface area contributed by atoms with Gasteiger partial charge >= 0.3 is 0 Å². The topological polar surface area (TPSA) is 86.4 Å². The second-order valence-electron chi connectivity index (χ2n) is 9.50. The number of hydrogen-bond acceptors (Lipinski definition) is 6. The number of benzene rings is 1. The third-order valence-corrected chi connectivity index (χ3v) is 7.71. The molecule has 0 atom stereocenters. The molecule has 0 saturated carbocycles. The number of aromatic nitrogens is 6. The first-order valence-corrected chi connectivity index (χ1v) is 12.9. The van der Waals surface area contributed by atoms with Gasteiger partial charge in [-0.05, 0) is 41.5 Å². The van der Waals surface area contributed by atoms with Crippen LogP contribution in [0.2, 0.25) is 0 Å². The molecular formula is C27H20F3N7S. The van der Waals surface area contributed by atoms with Gasteiger partial charge in [0.2, 0.25) is 0 Å². The first-order valence-electron chi connectivity index (χ1n) is 12.0. The molecule has 6 heterocycles. The summed E-state index contributed by atoms with van der Waals surface area (Å²) in [4.78, 5) is 19.3. The number of likely N-dealkylation sites (tertiary alicyclic amines) is 1. The summed E-state index contributed by atoms with van der Waals surface area (Å²) in [7, 11) is 0. The Morgan fingerprint density at radius 2 is 1.87 bits per heavy atom. The van der Waals surface area contributed by atoms with Crippen LogP contribution in [0.1, 0.15) is 12.0 Å². The number of nitrogens with one attached hydrogen (secondary N) is 2. The lowest BCUT2D eigenvalue weighted by Gasteiger charge is -2.15. The number of rotatable bonds is 5. The SMILES string of the molecule is Fc1ccc(-c2cncc3[nH]c(-c4n[nH]c5ccc(-c6cncc(CN7CCC(F)(F)C7)c6)cc45)nc23)s1. The van der Waals surface area contributed by atoms with Crippen molar-refractivity contribution in [3.05, 3.63) is 71.9 Å². The van der Waals surface area contributed by atoms with Crippen LogP contribution < -0.4 is 0 Å². The van der Waals surface area contributed by atoms with Crippen molar-refractivity contribution in [1.29, 1.82) is 0 Å². The molecule has 2 N–H and O–H groups in total. The second kappa shape index (κ2) is 8.74. The van der Waals surface area contributed by atoms with Crippen LogP contribution in [0, 0.1) is 5.13 Å². The van der Waals surface area contributed by atoms with Gasteiger partial charge in [-0.25, -0.2) is 13.8 Å². The lowest BCUT2D eigenvalue weighted by Crippen LogP contribution is -2.24. The van der Waals surface area contributed by atoms with Crippen molar-refractivity contribution in [2.45, 2.75) is 18.9 Å². The Labute approximate surface area is 218 Å². The highest BCUT2D eigenvalue weighted by molar-refractivity contribution is 7.14.